The second kappa shape index (κ2) is 35.1. The SMILES string of the molecule is CCOC(=O)c1c(C)ncnc1Cl.CCOC(=O)c1c(C)ncnc1N.Cc1ncnc(N)c1C(=O)O.Cc1ncnc2nc[nH]c(=O)c12.Cc1ncnc2ncn(Cc3nn(CCc4ccc(Cl)cc4)c(=O)o3)c(=O)c12.O=c1oc(CCl)nn1CCc1ccc(Cl)cc1. The van der Waals surface area contributed by atoms with Crippen molar-refractivity contribution in [1.29, 1.82) is 0 Å². The minimum absolute atomic E-state index is 0.00463. The molecule has 94 heavy (non-hydrogen) atoms. The van der Waals surface area contributed by atoms with Gasteiger partial charge < -0.3 is 39.9 Å². The first-order valence-corrected chi connectivity index (χ1v) is 29.3. The molecular weight excluding hydrogens is 1310 g/mol. The maximum atomic E-state index is 12.7. The molecule has 0 bridgehead atoms. The van der Waals surface area contributed by atoms with E-state index >= 15 is 0 Å². The number of alkyl halides is 1. The molecular formula is C58H58Cl4N20O12. The number of anilines is 2. The van der Waals surface area contributed by atoms with Gasteiger partial charge in [0.15, 0.2) is 11.3 Å². The van der Waals surface area contributed by atoms with Crippen molar-refractivity contribution in [2.24, 2.45) is 0 Å². The zero-order valence-corrected chi connectivity index (χ0v) is 54.0. The molecule has 36 heteroatoms. The maximum absolute atomic E-state index is 12.7. The Morgan fingerprint density at radius 2 is 0.989 bits per heavy atom. The van der Waals surface area contributed by atoms with Crippen LogP contribution >= 0.6 is 46.4 Å². The predicted molar refractivity (Wildman–Crippen MR) is 343 cm³/mol. The van der Waals surface area contributed by atoms with Gasteiger partial charge in [-0.25, -0.2) is 83.8 Å². The standard InChI is InChI=1S/C18H15ClN6O3.C11H10Cl2N2O2.C8H9ClN2O2.C8H11N3O2.C7H6N4O.C6H7N3O2/c1-11-15-16(21-9-20-11)22-10-24(17(15)26)8-14-23-25(18(27)28-14)7-6-12-2-4-13(19)5-3-12;12-7-10-14-15(11(16)17-10)6-5-8-1-3-9(13)4-2-8;2*1-3-13-8(12)6-5(2)10-4-11-7(6)9;1-4-5-6(9-2-8-4)10-3-11-7(5)12;1-3-4(6(10)11)5(7)9-2-8-3/h2-5,9-10H,6-8H2,1H3;1-4H,5-7H2;4H,3H2,1-2H3;4H,3H2,1-2H3,(H2,9,10,11);2-3H,1H3,(H,8,9,10,11,12);2H,1H3,(H,10,11)(H2,7,8,9). The summed E-state index contributed by atoms with van der Waals surface area (Å²) < 4.78 is 23.4. The number of hydrogen-bond donors (Lipinski definition) is 4. The Labute approximate surface area is 551 Å². The smallest absolute Gasteiger partial charge is 0.437 e. The lowest BCUT2D eigenvalue weighted by Crippen LogP contribution is -2.23. The molecule has 11 rings (SSSR count). The molecule has 32 nitrogen and oxygen atoms in total. The number of halogens is 4. The molecule has 0 unspecified atom stereocenters. The minimum atomic E-state index is -1.10. The fraction of sp³-hybridized carbons (Fsp3) is 0.259. The molecule has 0 spiro atoms. The molecule has 0 saturated carbocycles. The largest absolute Gasteiger partial charge is 0.477 e. The van der Waals surface area contributed by atoms with Crippen LogP contribution in [0.5, 0.6) is 0 Å². The number of aromatic nitrogens is 18. The van der Waals surface area contributed by atoms with Gasteiger partial charge in [0.05, 0.1) is 61.1 Å². The van der Waals surface area contributed by atoms with Crippen LogP contribution in [0.25, 0.3) is 22.1 Å². The van der Waals surface area contributed by atoms with Gasteiger partial charge in [0.2, 0.25) is 11.8 Å². The number of carboxylic acids is 1. The van der Waals surface area contributed by atoms with Crippen LogP contribution < -0.4 is 34.1 Å². The number of ether oxygens (including phenoxy) is 2. The number of hydrogen-bond acceptors (Lipinski definition) is 27. The summed E-state index contributed by atoms with van der Waals surface area (Å²) in [5.74, 6) is -2.48. The number of carbonyl (C=O) groups is 3. The van der Waals surface area contributed by atoms with Crippen molar-refractivity contribution in [3.05, 3.63) is 218 Å². The molecule has 0 aliphatic rings. The van der Waals surface area contributed by atoms with Gasteiger partial charge in [0, 0.05) is 10.0 Å². The van der Waals surface area contributed by atoms with E-state index in [2.05, 4.69) is 75.0 Å². The van der Waals surface area contributed by atoms with Crippen molar-refractivity contribution in [3.8, 4) is 0 Å². The molecule has 2 aromatic carbocycles. The molecule has 9 aromatic heterocycles. The van der Waals surface area contributed by atoms with E-state index in [0.29, 0.717) is 99.7 Å². The van der Waals surface area contributed by atoms with Crippen LogP contribution in [0.1, 0.15) is 96.3 Å². The highest BCUT2D eigenvalue weighted by molar-refractivity contribution is 6.32. The molecule has 0 aliphatic heterocycles. The molecule has 0 saturated heterocycles. The van der Waals surface area contributed by atoms with E-state index in [0.717, 1.165) is 11.1 Å². The first kappa shape index (κ1) is 72.2. The van der Waals surface area contributed by atoms with E-state index < -0.39 is 29.4 Å². The third kappa shape index (κ3) is 20.3. The van der Waals surface area contributed by atoms with E-state index in [1.807, 2.05) is 36.4 Å². The van der Waals surface area contributed by atoms with Crippen LogP contribution in [0, 0.1) is 34.6 Å². The third-order valence-corrected chi connectivity index (χ3v) is 13.5. The number of aromatic carboxylic acids is 1. The normalized spacial score (nSPS) is 10.4. The maximum Gasteiger partial charge on any atom is 0.437 e. The molecule has 0 aliphatic carbocycles. The zero-order valence-electron chi connectivity index (χ0n) is 51.0. The molecule has 0 radical (unpaired) electrons. The number of esters is 2. The number of nitrogens with two attached hydrogens (primary N) is 2. The van der Waals surface area contributed by atoms with E-state index in [4.69, 9.17) is 81.3 Å². The van der Waals surface area contributed by atoms with Crippen LogP contribution in [0.4, 0.5) is 11.6 Å². The van der Waals surface area contributed by atoms with Crippen LogP contribution in [-0.2, 0) is 47.8 Å². The number of nitrogens with one attached hydrogen (secondary N) is 1. The average molecular weight is 1370 g/mol. The van der Waals surface area contributed by atoms with Crippen molar-refractivity contribution in [3.63, 3.8) is 0 Å². The summed E-state index contributed by atoms with van der Waals surface area (Å²) in [7, 11) is 0. The second-order valence-corrected chi connectivity index (χ2v) is 20.4. The predicted octanol–water partition coefficient (Wildman–Crippen LogP) is 6.31. The lowest BCUT2D eigenvalue weighted by molar-refractivity contribution is 0.0515. The summed E-state index contributed by atoms with van der Waals surface area (Å²) in [6.45, 7) is 13.3. The van der Waals surface area contributed by atoms with Crippen LogP contribution in [-0.4, -0.2) is 125 Å². The Hall–Kier alpha value is -10.8. The fourth-order valence-electron chi connectivity index (χ4n) is 7.89. The van der Waals surface area contributed by atoms with Crippen molar-refractivity contribution in [2.45, 2.75) is 86.8 Å². The summed E-state index contributed by atoms with van der Waals surface area (Å²) in [5, 5.41) is 19.0. The van der Waals surface area contributed by atoms with E-state index in [-0.39, 0.29) is 68.8 Å². The van der Waals surface area contributed by atoms with Crippen molar-refractivity contribution < 1.29 is 37.8 Å². The number of rotatable bonds is 14. The Morgan fingerprint density at radius 1 is 0.553 bits per heavy atom. The van der Waals surface area contributed by atoms with Gasteiger partial charge in [-0.05, 0) is 96.7 Å². The molecule has 0 amide bonds. The molecule has 11 aromatic rings. The molecule has 0 fully saturated rings. The van der Waals surface area contributed by atoms with Crippen molar-refractivity contribution in [2.75, 3.05) is 24.7 Å². The Kier molecular flexibility index (Phi) is 27.0. The number of nitrogen functional groups attached to an aromatic ring is 2. The highest BCUT2D eigenvalue weighted by atomic mass is 35.5. The number of benzene rings is 2. The summed E-state index contributed by atoms with van der Waals surface area (Å²) in [6.07, 6.45) is 10.6. The zero-order chi connectivity index (χ0) is 68.6. The highest BCUT2D eigenvalue weighted by Gasteiger charge is 2.18. The number of nitrogens with zero attached hydrogens (tertiary/aromatic N) is 17. The third-order valence-electron chi connectivity index (χ3n) is 12.5. The first-order chi connectivity index (χ1) is 44.9. The first-order valence-electron chi connectivity index (χ1n) is 27.6. The Bertz CT molecular complexity index is 4530. The molecule has 9 heterocycles. The molecule has 0 atom stereocenters. The van der Waals surface area contributed by atoms with Gasteiger partial charge in [-0.2, -0.15) is 9.36 Å². The minimum Gasteiger partial charge on any atom is -0.477 e. The number of carbonyl (C=O) groups excluding carboxylic acids is 2. The quantitative estimate of drug-likeness (QED) is 0.0526. The van der Waals surface area contributed by atoms with E-state index in [9.17, 15) is 33.6 Å². The van der Waals surface area contributed by atoms with E-state index in [1.165, 1.54) is 58.2 Å². The van der Waals surface area contributed by atoms with Crippen molar-refractivity contribution >= 4 is 98.0 Å². The van der Waals surface area contributed by atoms with Gasteiger partial charge in [-0.3, -0.25) is 14.2 Å². The highest BCUT2D eigenvalue weighted by Crippen LogP contribution is 2.17. The van der Waals surface area contributed by atoms with Crippen LogP contribution in [0.2, 0.25) is 15.2 Å². The Balaban J connectivity index is 0.000000186. The lowest BCUT2D eigenvalue weighted by atomic mass is 10.1. The summed E-state index contributed by atoms with van der Waals surface area (Å²) in [5.41, 5.74) is 16.2. The van der Waals surface area contributed by atoms with Crippen LogP contribution in [0.3, 0.4) is 0 Å². The number of H-pyrrole nitrogens is 1. The second-order valence-electron chi connectivity index (χ2n) is 18.9. The van der Waals surface area contributed by atoms with Crippen LogP contribution in [0.15, 0.2) is 121 Å². The number of carboxylic acid groups (broad SMARTS) is 1. The number of aromatic amines is 1. The molecule has 6 N–H and O–H groups in total. The summed E-state index contributed by atoms with van der Waals surface area (Å²) in [4.78, 5) is 129. The lowest BCUT2D eigenvalue weighted by Gasteiger charge is -2.05. The molecule has 490 valence electrons. The number of fused-ring (bicyclic) bond motifs is 2. The van der Waals surface area contributed by atoms with Gasteiger partial charge in [0.25, 0.3) is 11.1 Å². The summed E-state index contributed by atoms with van der Waals surface area (Å²) >= 11 is 22.9. The van der Waals surface area contributed by atoms with E-state index in [1.54, 1.807) is 60.6 Å². The van der Waals surface area contributed by atoms with Gasteiger partial charge in [0.1, 0.15) is 94.6 Å². The van der Waals surface area contributed by atoms with Crippen molar-refractivity contribution in [1.82, 2.24) is 88.9 Å². The van der Waals surface area contributed by atoms with Gasteiger partial charge >= 0.3 is 29.4 Å². The summed E-state index contributed by atoms with van der Waals surface area (Å²) in [6, 6.07) is 14.8. The van der Waals surface area contributed by atoms with Gasteiger partial charge in [-0.1, -0.05) is 59.1 Å². The topological polar surface area (TPSA) is 448 Å². The van der Waals surface area contributed by atoms with Gasteiger partial charge in [-0.15, -0.1) is 21.8 Å². The monoisotopic (exact) mass is 1370 g/mol. The number of aryl methyl sites for hydroxylation is 9. The average Bonchev–Trinajstić information content (AvgIpc) is 0.964. The fourth-order valence-corrected chi connectivity index (χ4v) is 8.51. The Morgan fingerprint density at radius 3 is 1.45 bits per heavy atom.